The topological polar surface area (TPSA) is 102 Å². The maximum atomic E-state index is 12.9. The largest absolute Gasteiger partial charge is 0.364 e. The molecule has 0 radical (unpaired) electrons. The monoisotopic (exact) mass is 391 g/mol. The third-order valence-corrected chi connectivity index (χ3v) is 6.69. The molecule has 9 heteroatoms. The van der Waals surface area contributed by atoms with Crippen molar-refractivity contribution in [2.75, 3.05) is 26.7 Å². The highest BCUT2D eigenvalue weighted by Gasteiger charge is 2.34. The van der Waals surface area contributed by atoms with E-state index in [1.807, 2.05) is 25.4 Å². The highest BCUT2D eigenvalue weighted by molar-refractivity contribution is 7.89. The Morgan fingerprint density at radius 1 is 1.44 bits per heavy atom. The Bertz CT molecular complexity index is 910. The molecular weight excluding hydrogens is 366 g/mol. The molecule has 3 heterocycles. The lowest BCUT2D eigenvalue weighted by Gasteiger charge is -2.21. The van der Waals surface area contributed by atoms with Gasteiger partial charge in [0, 0.05) is 51.8 Å². The van der Waals surface area contributed by atoms with Crippen molar-refractivity contribution in [3.63, 3.8) is 0 Å². The first-order valence-corrected chi connectivity index (χ1v) is 10.2. The van der Waals surface area contributed by atoms with Gasteiger partial charge in [-0.3, -0.25) is 9.78 Å². The predicted octanol–water partition coefficient (Wildman–Crippen LogP) is 0.662. The number of rotatable bonds is 7. The molecule has 1 saturated heterocycles. The Morgan fingerprint density at radius 3 is 2.85 bits per heavy atom. The van der Waals surface area contributed by atoms with Crippen LogP contribution >= 0.6 is 0 Å². The number of amides is 1. The summed E-state index contributed by atoms with van der Waals surface area (Å²) in [7, 11) is 0.0134. The lowest BCUT2D eigenvalue weighted by Crippen LogP contribution is -2.31. The van der Waals surface area contributed by atoms with Crippen LogP contribution in [-0.4, -0.2) is 59.8 Å². The standard InChI is InChI=1S/C18H25N5O3S/c1-21(10-14-4-3-6-20-9-14)11-15-5-7-23(12-15)27(25,26)16-8-17(18(19)24)22(2)13-16/h3-4,6,8-9,13,15H,5,7,10-12H2,1-2H3,(H2,19,24). The molecule has 8 nitrogen and oxygen atoms in total. The summed E-state index contributed by atoms with van der Waals surface area (Å²) < 4.78 is 28.7. The highest BCUT2D eigenvalue weighted by Crippen LogP contribution is 2.26. The van der Waals surface area contributed by atoms with Crippen LogP contribution in [0.15, 0.2) is 41.7 Å². The molecule has 1 amide bonds. The molecule has 1 fully saturated rings. The Hall–Kier alpha value is -2.23. The van der Waals surface area contributed by atoms with E-state index in [1.165, 1.54) is 21.1 Å². The number of nitrogens with two attached hydrogens (primary N) is 1. The minimum Gasteiger partial charge on any atom is -0.364 e. The fourth-order valence-corrected chi connectivity index (χ4v) is 5.15. The van der Waals surface area contributed by atoms with Crippen molar-refractivity contribution in [3.8, 4) is 0 Å². The molecule has 1 atom stereocenters. The average Bonchev–Trinajstić information content (AvgIpc) is 3.23. The van der Waals surface area contributed by atoms with Crippen LogP contribution in [0, 0.1) is 5.92 Å². The second-order valence-electron chi connectivity index (χ2n) is 7.11. The summed E-state index contributed by atoms with van der Waals surface area (Å²) in [6.45, 7) is 2.54. The fourth-order valence-electron chi connectivity index (χ4n) is 3.54. The Kier molecular flexibility index (Phi) is 5.64. The molecule has 0 aromatic carbocycles. The van der Waals surface area contributed by atoms with E-state index in [-0.39, 0.29) is 16.5 Å². The van der Waals surface area contributed by atoms with Crippen molar-refractivity contribution in [2.24, 2.45) is 18.7 Å². The van der Waals surface area contributed by atoms with Gasteiger partial charge in [-0.05, 0) is 37.1 Å². The average molecular weight is 391 g/mol. The zero-order valence-electron chi connectivity index (χ0n) is 15.6. The van der Waals surface area contributed by atoms with E-state index in [9.17, 15) is 13.2 Å². The van der Waals surface area contributed by atoms with E-state index >= 15 is 0 Å². The number of pyridine rings is 1. The van der Waals surface area contributed by atoms with Crippen molar-refractivity contribution in [2.45, 2.75) is 17.9 Å². The SMILES string of the molecule is CN(Cc1cccnc1)CC1CCN(S(=O)(=O)c2cc(C(N)=O)n(C)c2)C1. The van der Waals surface area contributed by atoms with Crippen molar-refractivity contribution >= 4 is 15.9 Å². The second-order valence-corrected chi connectivity index (χ2v) is 9.05. The van der Waals surface area contributed by atoms with Crippen LogP contribution in [0.4, 0.5) is 0 Å². The molecule has 3 rings (SSSR count). The summed E-state index contributed by atoms with van der Waals surface area (Å²) in [4.78, 5) is 17.8. The van der Waals surface area contributed by atoms with Crippen LogP contribution in [0.5, 0.6) is 0 Å². The van der Waals surface area contributed by atoms with Crippen LogP contribution in [-0.2, 0) is 23.6 Å². The van der Waals surface area contributed by atoms with Gasteiger partial charge in [-0.2, -0.15) is 4.31 Å². The van der Waals surface area contributed by atoms with Gasteiger partial charge >= 0.3 is 0 Å². The number of hydrogen-bond donors (Lipinski definition) is 1. The van der Waals surface area contributed by atoms with Gasteiger partial charge in [-0.15, -0.1) is 0 Å². The fraction of sp³-hybridized carbons (Fsp3) is 0.444. The van der Waals surface area contributed by atoms with Gasteiger partial charge in [0.25, 0.3) is 5.91 Å². The first kappa shape index (κ1) is 19.5. The van der Waals surface area contributed by atoms with Crippen molar-refractivity contribution in [1.82, 2.24) is 18.8 Å². The second kappa shape index (κ2) is 7.79. The molecule has 2 aromatic heterocycles. The van der Waals surface area contributed by atoms with E-state index in [1.54, 1.807) is 13.2 Å². The van der Waals surface area contributed by atoms with E-state index in [4.69, 9.17) is 5.73 Å². The Labute approximate surface area is 159 Å². The van der Waals surface area contributed by atoms with Gasteiger partial charge in [0.15, 0.2) is 0 Å². The minimum atomic E-state index is -3.63. The number of carbonyl (C=O) groups excluding carboxylic acids is 1. The number of aryl methyl sites for hydroxylation is 1. The molecule has 146 valence electrons. The predicted molar refractivity (Wildman–Crippen MR) is 101 cm³/mol. The molecule has 2 N–H and O–H groups in total. The molecule has 2 aromatic rings. The molecule has 1 aliphatic heterocycles. The number of hydrogen-bond acceptors (Lipinski definition) is 5. The van der Waals surface area contributed by atoms with Gasteiger partial charge in [0.05, 0.1) is 0 Å². The maximum Gasteiger partial charge on any atom is 0.265 e. The molecule has 0 aliphatic carbocycles. The minimum absolute atomic E-state index is 0.114. The molecular formula is C18H25N5O3S. The summed E-state index contributed by atoms with van der Waals surface area (Å²) in [5.41, 5.74) is 6.60. The van der Waals surface area contributed by atoms with E-state index in [2.05, 4.69) is 9.88 Å². The van der Waals surface area contributed by atoms with Crippen LogP contribution in [0.3, 0.4) is 0 Å². The van der Waals surface area contributed by atoms with Crippen LogP contribution in [0.2, 0.25) is 0 Å². The molecule has 0 bridgehead atoms. The van der Waals surface area contributed by atoms with Gasteiger partial charge < -0.3 is 15.2 Å². The molecule has 0 spiro atoms. The molecule has 27 heavy (non-hydrogen) atoms. The number of sulfonamides is 1. The van der Waals surface area contributed by atoms with Gasteiger partial charge in [0.2, 0.25) is 10.0 Å². The maximum absolute atomic E-state index is 12.9. The van der Waals surface area contributed by atoms with Crippen LogP contribution in [0.25, 0.3) is 0 Å². The van der Waals surface area contributed by atoms with Gasteiger partial charge in [-0.1, -0.05) is 6.07 Å². The number of aromatic nitrogens is 2. The Morgan fingerprint density at radius 2 is 2.22 bits per heavy atom. The number of primary amides is 1. The zero-order chi connectivity index (χ0) is 19.6. The molecule has 1 unspecified atom stereocenters. The zero-order valence-corrected chi connectivity index (χ0v) is 16.4. The normalized spacial score (nSPS) is 18.3. The first-order chi connectivity index (χ1) is 12.8. The van der Waals surface area contributed by atoms with Crippen molar-refractivity contribution in [3.05, 3.63) is 48.0 Å². The summed E-state index contributed by atoms with van der Waals surface area (Å²) in [6.07, 6.45) is 5.84. The van der Waals surface area contributed by atoms with E-state index < -0.39 is 15.9 Å². The quantitative estimate of drug-likeness (QED) is 0.747. The summed E-state index contributed by atoms with van der Waals surface area (Å²) in [5, 5.41) is 0. The van der Waals surface area contributed by atoms with E-state index in [0.29, 0.717) is 13.1 Å². The Balaban J connectivity index is 1.63. The van der Waals surface area contributed by atoms with Gasteiger partial charge in [0.1, 0.15) is 10.6 Å². The smallest absolute Gasteiger partial charge is 0.265 e. The lowest BCUT2D eigenvalue weighted by atomic mass is 10.1. The van der Waals surface area contributed by atoms with E-state index in [0.717, 1.165) is 25.1 Å². The van der Waals surface area contributed by atoms with Gasteiger partial charge in [-0.25, -0.2) is 8.42 Å². The number of carbonyl (C=O) groups is 1. The third kappa shape index (κ3) is 4.37. The summed E-state index contributed by atoms with van der Waals surface area (Å²) in [6, 6.07) is 5.29. The van der Waals surface area contributed by atoms with Crippen molar-refractivity contribution < 1.29 is 13.2 Å². The van der Waals surface area contributed by atoms with Crippen LogP contribution in [0.1, 0.15) is 22.5 Å². The van der Waals surface area contributed by atoms with Crippen molar-refractivity contribution in [1.29, 1.82) is 0 Å². The van der Waals surface area contributed by atoms with Crippen LogP contribution < -0.4 is 5.73 Å². The first-order valence-electron chi connectivity index (χ1n) is 8.81. The highest BCUT2D eigenvalue weighted by atomic mass is 32.2. The lowest BCUT2D eigenvalue weighted by molar-refractivity contribution is 0.0992. The molecule has 0 saturated carbocycles. The number of nitrogens with zero attached hydrogens (tertiary/aromatic N) is 4. The molecule has 1 aliphatic rings. The summed E-state index contributed by atoms with van der Waals surface area (Å²) >= 11 is 0. The summed E-state index contributed by atoms with van der Waals surface area (Å²) in [5.74, 6) is -0.379. The third-order valence-electron chi connectivity index (χ3n) is 4.86.